The van der Waals surface area contributed by atoms with Crippen molar-refractivity contribution in [1.29, 1.82) is 0 Å². The number of nitrogens with zero attached hydrogens (tertiary/aromatic N) is 3. The van der Waals surface area contributed by atoms with Crippen LogP contribution >= 0.6 is 11.6 Å². The summed E-state index contributed by atoms with van der Waals surface area (Å²) < 4.78 is 1.74. The highest BCUT2D eigenvalue weighted by Crippen LogP contribution is 2.21. The molecule has 2 aromatic heterocycles. The van der Waals surface area contributed by atoms with Crippen LogP contribution in [0.3, 0.4) is 0 Å². The van der Waals surface area contributed by atoms with Crippen molar-refractivity contribution < 1.29 is 0 Å². The highest BCUT2D eigenvalue weighted by Gasteiger charge is 2.05. The fourth-order valence-electron chi connectivity index (χ4n) is 1.86. The maximum absolute atomic E-state index is 5.98. The summed E-state index contributed by atoms with van der Waals surface area (Å²) in [4.78, 5) is 4.57. The van der Waals surface area contributed by atoms with Gasteiger partial charge in [-0.2, -0.15) is 5.10 Å². The molecular formula is C13H10ClN3. The third kappa shape index (κ3) is 1.78. The average Bonchev–Trinajstić information content (AvgIpc) is 2.91. The van der Waals surface area contributed by atoms with Crippen LogP contribution in [0, 0.1) is 0 Å². The molecule has 4 heteroatoms. The van der Waals surface area contributed by atoms with Gasteiger partial charge in [-0.3, -0.25) is 0 Å². The standard InChI is InChI=1S/C13H10ClN3/c14-9-10-8-13(17-7-3-6-15-17)16-12-5-2-1-4-11(10)12/h1-8H,9H2. The summed E-state index contributed by atoms with van der Waals surface area (Å²) >= 11 is 5.98. The van der Waals surface area contributed by atoms with E-state index in [4.69, 9.17) is 11.6 Å². The molecule has 0 spiro atoms. The van der Waals surface area contributed by atoms with E-state index in [9.17, 15) is 0 Å². The summed E-state index contributed by atoms with van der Waals surface area (Å²) in [5.74, 6) is 1.27. The van der Waals surface area contributed by atoms with Gasteiger partial charge in [0.1, 0.15) is 0 Å². The van der Waals surface area contributed by atoms with Crippen LogP contribution in [-0.4, -0.2) is 14.8 Å². The summed E-state index contributed by atoms with van der Waals surface area (Å²) in [7, 11) is 0. The molecule has 0 bridgehead atoms. The molecule has 0 aliphatic carbocycles. The number of halogens is 1. The molecule has 84 valence electrons. The summed E-state index contributed by atoms with van der Waals surface area (Å²) in [6, 6.07) is 11.8. The van der Waals surface area contributed by atoms with Crippen molar-refractivity contribution in [2.45, 2.75) is 5.88 Å². The van der Waals surface area contributed by atoms with E-state index in [0.29, 0.717) is 5.88 Å². The van der Waals surface area contributed by atoms with Gasteiger partial charge >= 0.3 is 0 Å². The Labute approximate surface area is 104 Å². The van der Waals surface area contributed by atoms with E-state index in [-0.39, 0.29) is 0 Å². The molecule has 3 aromatic rings. The minimum Gasteiger partial charge on any atom is -0.229 e. The quantitative estimate of drug-likeness (QED) is 0.648. The van der Waals surface area contributed by atoms with Crippen LogP contribution in [-0.2, 0) is 5.88 Å². The first-order chi connectivity index (χ1) is 8.38. The van der Waals surface area contributed by atoms with E-state index in [1.54, 1.807) is 10.9 Å². The Morgan fingerprint density at radius 2 is 2.06 bits per heavy atom. The molecule has 0 aliphatic heterocycles. The lowest BCUT2D eigenvalue weighted by Gasteiger charge is -2.07. The minimum atomic E-state index is 0.470. The summed E-state index contributed by atoms with van der Waals surface area (Å²) in [5, 5.41) is 5.28. The zero-order valence-electron chi connectivity index (χ0n) is 9.05. The van der Waals surface area contributed by atoms with Gasteiger partial charge in [0.2, 0.25) is 0 Å². The Morgan fingerprint density at radius 1 is 1.18 bits per heavy atom. The molecule has 0 radical (unpaired) electrons. The van der Waals surface area contributed by atoms with E-state index >= 15 is 0 Å². The zero-order valence-corrected chi connectivity index (χ0v) is 9.80. The Bertz CT molecular complexity index is 647. The Morgan fingerprint density at radius 3 is 2.82 bits per heavy atom. The second-order valence-corrected chi connectivity index (χ2v) is 4.01. The lowest BCUT2D eigenvalue weighted by molar-refractivity contribution is 0.851. The predicted molar refractivity (Wildman–Crippen MR) is 68.4 cm³/mol. The molecule has 0 unspecified atom stereocenters. The summed E-state index contributed by atoms with van der Waals surface area (Å²) in [6.07, 6.45) is 3.60. The van der Waals surface area contributed by atoms with Gasteiger partial charge in [0.25, 0.3) is 0 Å². The second kappa shape index (κ2) is 4.18. The Balaban J connectivity index is 2.28. The smallest absolute Gasteiger partial charge is 0.154 e. The second-order valence-electron chi connectivity index (χ2n) is 3.74. The first-order valence-electron chi connectivity index (χ1n) is 5.33. The third-order valence-electron chi connectivity index (χ3n) is 2.67. The summed E-state index contributed by atoms with van der Waals surface area (Å²) in [5.41, 5.74) is 2.01. The molecule has 0 saturated carbocycles. The average molecular weight is 244 g/mol. The monoisotopic (exact) mass is 243 g/mol. The van der Waals surface area contributed by atoms with Gasteiger partial charge in [0.15, 0.2) is 5.82 Å². The Kier molecular flexibility index (Phi) is 2.53. The molecule has 17 heavy (non-hydrogen) atoms. The topological polar surface area (TPSA) is 30.7 Å². The van der Waals surface area contributed by atoms with Gasteiger partial charge < -0.3 is 0 Å². The largest absolute Gasteiger partial charge is 0.229 e. The molecule has 0 aliphatic rings. The van der Waals surface area contributed by atoms with Crippen molar-refractivity contribution in [2.75, 3.05) is 0 Å². The van der Waals surface area contributed by atoms with Crippen molar-refractivity contribution in [3.05, 3.63) is 54.4 Å². The maximum atomic E-state index is 5.98. The lowest BCUT2D eigenvalue weighted by Crippen LogP contribution is -1.99. The SMILES string of the molecule is ClCc1cc(-n2cccn2)nc2ccccc12. The molecule has 0 fully saturated rings. The van der Waals surface area contributed by atoms with Crippen molar-refractivity contribution in [2.24, 2.45) is 0 Å². The van der Waals surface area contributed by atoms with Crippen molar-refractivity contribution in [3.63, 3.8) is 0 Å². The van der Waals surface area contributed by atoms with Crippen LogP contribution in [0.2, 0.25) is 0 Å². The molecule has 3 rings (SSSR count). The highest BCUT2D eigenvalue weighted by molar-refractivity contribution is 6.18. The Hall–Kier alpha value is -1.87. The normalized spacial score (nSPS) is 10.9. The zero-order chi connectivity index (χ0) is 11.7. The molecule has 0 saturated heterocycles. The summed E-state index contributed by atoms with van der Waals surface area (Å²) in [6.45, 7) is 0. The van der Waals surface area contributed by atoms with E-state index in [1.165, 1.54) is 0 Å². The van der Waals surface area contributed by atoms with Crippen molar-refractivity contribution in [1.82, 2.24) is 14.8 Å². The molecule has 0 N–H and O–H groups in total. The van der Waals surface area contributed by atoms with E-state index < -0.39 is 0 Å². The predicted octanol–water partition coefficient (Wildman–Crippen LogP) is 3.16. The van der Waals surface area contributed by atoms with E-state index in [0.717, 1.165) is 22.3 Å². The van der Waals surface area contributed by atoms with Gasteiger partial charge in [-0.1, -0.05) is 18.2 Å². The molecule has 3 nitrogen and oxygen atoms in total. The van der Waals surface area contributed by atoms with Crippen LogP contribution < -0.4 is 0 Å². The first kappa shape index (κ1) is 10.3. The van der Waals surface area contributed by atoms with Crippen LogP contribution in [0.4, 0.5) is 0 Å². The van der Waals surface area contributed by atoms with Crippen molar-refractivity contribution in [3.8, 4) is 5.82 Å². The maximum Gasteiger partial charge on any atom is 0.154 e. The number of rotatable bonds is 2. The number of alkyl halides is 1. The van der Waals surface area contributed by atoms with Gasteiger partial charge in [0, 0.05) is 23.7 Å². The fourth-order valence-corrected chi connectivity index (χ4v) is 2.09. The van der Waals surface area contributed by atoms with Gasteiger partial charge in [-0.25, -0.2) is 9.67 Å². The number of hydrogen-bond donors (Lipinski definition) is 0. The number of aromatic nitrogens is 3. The molecule has 2 heterocycles. The highest BCUT2D eigenvalue weighted by atomic mass is 35.5. The van der Waals surface area contributed by atoms with E-state index in [2.05, 4.69) is 10.1 Å². The third-order valence-corrected chi connectivity index (χ3v) is 2.96. The van der Waals surface area contributed by atoms with Crippen LogP contribution in [0.15, 0.2) is 48.8 Å². The number of pyridine rings is 1. The molecular weight excluding hydrogens is 234 g/mol. The minimum absolute atomic E-state index is 0.470. The van der Waals surface area contributed by atoms with Gasteiger partial charge in [-0.15, -0.1) is 11.6 Å². The van der Waals surface area contributed by atoms with Crippen LogP contribution in [0.1, 0.15) is 5.56 Å². The number of benzene rings is 1. The lowest BCUT2D eigenvalue weighted by atomic mass is 10.1. The fraction of sp³-hybridized carbons (Fsp3) is 0.0769. The molecule has 0 amide bonds. The van der Waals surface area contributed by atoms with E-state index in [1.807, 2.05) is 42.6 Å². The first-order valence-corrected chi connectivity index (χ1v) is 5.86. The number of hydrogen-bond acceptors (Lipinski definition) is 2. The van der Waals surface area contributed by atoms with Crippen molar-refractivity contribution >= 4 is 22.5 Å². The molecule has 1 aromatic carbocycles. The van der Waals surface area contributed by atoms with Crippen LogP contribution in [0.25, 0.3) is 16.7 Å². The molecule has 0 atom stereocenters. The van der Waals surface area contributed by atoms with Crippen LogP contribution in [0.5, 0.6) is 0 Å². The van der Waals surface area contributed by atoms with Gasteiger partial charge in [-0.05, 0) is 23.8 Å². The number of fused-ring (bicyclic) bond motifs is 1. The van der Waals surface area contributed by atoms with Gasteiger partial charge in [0.05, 0.1) is 5.52 Å². The number of para-hydroxylation sites is 1.